The van der Waals surface area contributed by atoms with E-state index in [1.54, 1.807) is 4.90 Å². The van der Waals surface area contributed by atoms with Gasteiger partial charge in [0.25, 0.3) is 11.6 Å². The number of piperidine rings is 1. The number of amides is 2. The predicted molar refractivity (Wildman–Crippen MR) is 98.4 cm³/mol. The van der Waals surface area contributed by atoms with Gasteiger partial charge in [0.15, 0.2) is 0 Å². The molecule has 0 unspecified atom stereocenters. The van der Waals surface area contributed by atoms with Crippen LogP contribution in [0.1, 0.15) is 23.2 Å². The molecule has 2 amide bonds. The van der Waals surface area contributed by atoms with Crippen LogP contribution in [0.25, 0.3) is 0 Å². The van der Waals surface area contributed by atoms with Gasteiger partial charge < -0.3 is 15.1 Å². The van der Waals surface area contributed by atoms with E-state index in [9.17, 15) is 19.7 Å². The number of carbonyl (C=O) groups excluding carboxylic acids is 2. The van der Waals surface area contributed by atoms with Gasteiger partial charge in [-0.25, -0.2) is 0 Å². The molecule has 2 fully saturated rings. The lowest BCUT2D eigenvalue weighted by molar-refractivity contribution is -0.384. The fraction of sp³-hybridized carbons (Fsp3) is 0.529. The van der Waals surface area contributed by atoms with E-state index in [2.05, 4.69) is 5.32 Å². The molecule has 1 N–H and O–H groups in total. The Labute approximate surface area is 158 Å². The predicted octanol–water partition coefficient (Wildman–Crippen LogP) is 1.30. The van der Waals surface area contributed by atoms with Crippen molar-refractivity contribution in [1.29, 1.82) is 0 Å². The first kappa shape index (κ1) is 20.1. The van der Waals surface area contributed by atoms with Gasteiger partial charge in [-0.3, -0.25) is 19.7 Å². The van der Waals surface area contributed by atoms with Crippen LogP contribution in [-0.2, 0) is 4.79 Å². The van der Waals surface area contributed by atoms with Crippen LogP contribution in [0, 0.1) is 16.0 Å². The average Bonchev–Trinajstić information content (AvgIpc) is 2.67. The molecule has 3 rings (SSSR count). The highest BCUT2D eigenvalue weighted by Crippen LogP contribution is 2.18. The summed E-state index contributed by atoms with van der Waals surface area (Å²) in [6.07, 6.45) is 1.75. The van der Waals surface area contributed by atoms with E-state index in [0.29, 0.717) is 31.7 Å². The van der Waals surface area contributed by atoms with Crippen molar-refractivity contribution in [1.82, 2.24) is 15.1 Å². The molecule has 142 valence electrons. The number of nitrogens with one attached hydrogen (secondary N) is 1. The van der Waals surface area contributed by atoms with Gasteiger partial charge in [-0.2, -0.15) is 0 Å². The molecule has 0 aliphatic carbocycles. The van der Waals surface area contributed by atoms with Crippen LogP contribution >= 0.6 is 12.4 Å². The minimum atomic E-state index is -0.487. The van der Waals surface area contributed by atoms with Gasteiger partial charge in [-0.1, -0.05) is 0 Å². The van der Waals surface area contributed by atoms with Gasteiger partial charge in [-0.05, 0) is 38.1 Å². The first-order chi connectivity index (χ1) is 12.1. The zero-order valence-corrected chi connectivity index (χ0v) is 15.2. The molecule has 9 heteroatoms. The van der Waals surface area contributed by atoms with Crippen molar-refractivity contribution in [3.05, 3.63) is 39.9 Å². The highest BCUT2D eigenvalue weighted by molar-refractivity contribution is 5.94. The number of hydrogen-bond donors (Lipinski definition) is 1. The molecule has 2 aliphatic heterocycles. The van der Waals surface area contributed by atoms with Crippen molar-refractivity contribution >= 4 is 29.9 Å². The smallest absolute Gasteiger partial charge is 0.269 e. The highest BCUT2D eigenvalue weighted by atomic mass is 35.5. The minimum absolute atomic E-state index is 0. The molecule has 8 nitrogen and oxygen atoms in total. The van der Waals surface area contributed by atoms with Gasteiger partial charge in [0.2, 0.25) is 5.91 Å². The van der Waals surface area contributed by atoms with E-state index in [0.717, 1.165) is 25.9 Å². The maximum absolute atomic E-state index is 12.5. The van der Waals surface area contributed by atoms with Gasteiger partial charge in [-0.15, -0.1) is 12.4 Å². The summed E-state index contributed by atoms with van der Waals surface area (Å²) >= 11 is 0. The van der Waals surface area contributed by atoms with Gasteiger partial charge in [0.1, 0.15) is 0 Å². The first-order valence-corrected chi connectivity index (χ1v) is 8.59. The van der Waals surface area contributed by atoms with Crippen molar-refractivity contribution in [2.24, 2.45) is 5.92 Å². The molecule has 0 radical (unpaired) electrons. The summed E-state index contributed by atoms with van der Waals surface area (Å²) in [6, 6.07) is 5.63. The molecule has 2 heterocycles. The Kier molecular flexibility index (Phi) is 6.93. The highest BCUT2D eigenvalue weighted by Gasteiger charge is 2.30. The molecule has 0 aromatic heterocycles. The summed E-state index contributed by atoms with van der Waals surface area (Å²) < 4.78 is 0. The molecular weight excluding hydrogens is 360 g/mol. The van der Waals surface area contributed by atoms with Crippen molar-refractivity contribution in [3.63, 3.8) is 0 Å². The third-order valence-electron chi connectivity index (χ3n) is 4.89. The first-order valence-electron chi connectivity index (χ1n) is 8.59. The Hall–Kier alpha value is -2.19. The maximum Gasteiger partial charge on any atom is 0.269 e. The summed E-state index contributed by atoms with van der Waals surface area (Å²) in [4.78, 5) is 38.8. The largest absolute Gasteiger partial charge is 0.339 e. The second kappa shape index (κ2) is 8.95. The zero-order valence-electron chi connectivity index (χ0n) is 14.4. The Balaban J connectivity index is 0.00000243. The third-order valence-corrected chi connectivity index (χ3v) is 4.89. The zero-order chi connectivity index (χ0) is 17.8. The lowest BCUT2D eigenvalue weighted by Crippen LogP contribution is -2.52. The Bertz CT molecular complexity index is 653. The number of non-ortho nitro benzene ring substituents is 1. The summed E-state index contributed by atoms with van der Waals surface area (Å²) in [6.45, 7) is 3.84. The number of carbonyl (C=O) groups is 2. The fourth-order valence-corrected chi connectivity index (χ4v) is 3.37. The number of nitro benzene ring substituents is 1. The van der Waals surface area contributed by atoms with Crippen LogP contribution in [-0.4, -0.2) is 65.8 Å². The maximum atomic E-state index is 12.5. The summed E-state index contributed by atoms with van der Waals surface area (Å²) in [5.74, 6) is 0.144. The second-order valence-corrected chi connectivity index (χ2v) is 6.45. The SMILES string of the molecule is Cl.O=C(c1ccc([N+](=O)[O-])cc1)N1CCN(C(=O)C2CCNCC2)CC1. The van der Waals surface area contributed by atoms with Crippen molar-refractivity contribution < 1.29 is 14.5 Å². The van der Waals surface area contributed by atoms with Crippen LogP contribution < -0.4 is 5.32 Å². The molecule has 0 atom stereocenters. The summed E-state index contributed by atoms with van der Waals surface area (Å²) in [7, 11) is 0. The molecule has 2 saturated heterocycles. The quantitative estimate of drug-likeness (QED) is 0.628. The monoisotopic (exact) mass is 382 g/mol. The number of nitro groups is 1. The van der Waals surface area contributed by atoms with E-state index < -0.39 is 4.92 Å². The standard InChI is InChI=1S/C17H22N4O4.ClH/c22-16(13-1-3-15(4-2-13)21(24)25)19-9-11-20(12-10-19)17(23)14-5-7-18-8-6-14;/h1-4,14,18H,5-12H2;1H. The van der Waals surface area contributed by atoms with Crippen LogP contribution in [0.4, 0.5) is 5.69 Å². The second-order valence-electron chi connectivity index (χ2n) is 6.45. The van der Waals surface area contributed by atoms with E-state index in [1.165, 1.54) is 24.3 Å². The van der Waals surface area contributed by atoms with Crippen LogP contribution in [0.3, 0.4) is 0 Å². The number of rotatable bonds is 3. The normalized spacial score (nSPS) is 18.2. The van der Waals surface area contributed by atoms with Crippen molar-refractivity contribution in [2.75, 3.05) is 39.3 Å². The van der Waals surface area contributed by atoms with Crippen LogP contribution in [0.15, 0.2) is 24.3 Å². The third kappa shape index (κ3) is 4.50. The number of benzene rings is 1. The van der Waals surface area contributed by atoms with E-state index in [1.807, 2.05) is 4.90 Å². The molecule has 2 aliphatic rings. The Morgan fingerprint density at radius 2 is 1.54 bits per heavy atom. The van der Waals surface area contributed by atoms with E-state index >= 15 is 0 Å². The summed E-state index contributed by atoms with van der Waals surface area (Å²) in [5.41, 5.74) is 0.401. The number of piperazine rings is 1. The molecule has 0 bridgehead atoms. The van der Waals surface area contributed by atoms with Crippen LogP contribution in [0.5, 0.6) is 0 Å². The molecule has 1 aromatic rings. The average molecular weight is 383 g/mol. The molecule has 0 spiro atoms. The number of halogens is 1. The van der Waals surface area contributed by atoms with Gasteiger partial charge >= 0.3 is 0 Å². The number of nitrogens with zero attached hydrogens (tertiary/aromatic N) is 3. The van der Waals surface area contributed by atoms with Gasteiger partial charge in [0, 0.05) is 49.8 Å². The van der Waals surface area contributed by atoms with Crippen molar-refractivity contribution in [2.45, 2.75) is 12.8 Å². The fourth-order valence-electron chi connectivity index (χ4n) is 3.37. The lowest BCUT2D eigenvalue weighted by atomic mass is 9.96. The van der Waals surface area contributed by atoms with Crippen LogP contribution in [0.2, 0.25) is 0 Å². The molecule has 26 heavy (non-hydrogen) atoms. The molecule has 0 saturated carbocycles. The van der Waals surface area contributed by atoms with E-state index in [4.69, 9.17) is 0 Å². The Morgan fingerprint density at radius 1 is 1.00 bits per heavy atom. The summed E-state index contributed by atoms with van der Waals surface area (Å²) in [5, 5.41) is 13.9. The topological polar surface area (TPSA) is 95.8 Å². The minimum Gasteiger partial charge on any atom is -0.339 e. The van der Waals surface area contributed by atoms with E-state index in [-0.39, 0.29) is 35.8 Å². The lowest BCUT2D eigenvalue weighted by Gasteiger charge is -2.37. The number of hydrogen-bond acceptors (Lipinski definition) is 5. The van der Waals surface area contributed by atoms with Crippen molar-refractivity contribution in [3.8, 4) is 0 Å². The molecule has 1 aromatic carbocycles. The Morgan fingerprint density at radius 3 is 2.08 bits per heavy atom. The van der Waals surface area contributed by atoms with Gasteiger partial charge in [0.05, 0.1) is 4.92 Å². The molecular formula is C17H23ClN4O4.